The van der Waals surface area contributed by atoms with E-state index < -0.39 is 29.9 Å². The van der Waals surface area contributed by atoms with Crippen LogP contribution in [0, 0.1) is 23.2 Å². The Bertz CT molecular complexity index is 615. The summed E-state index contributed by atoms with van der Waals surface area (Å²) >= 11 is 0. The Balaban J connectivity index is 2.02. The van der Waals surface area contributed by atoms with Gasteiger partial charge in [-0.15, -0.1) is 0 Å². The van der Waals surface area contributed by atoms with Gasteiger partial charge in [-0.2, -0.15) is 13.2 Å². The summed E-state index contributed by atoms with van der Waals surface area (Å²) in [4.78, 5) is 26.0. The zero-order valence-corrected chi connectivity index (χ0v) is 14.7. The second-order valence-electron chi connectivity index (χ2n) is 7.71. The zero-order valence-electron chi connectivity index (χ0n) is 14.7. The van der Waals surface area contributed by atoms with E-state index in [2.05, 4.69) is 0 Å². The van der Waals surface area contributed by atoms with E-state index in [0.717, 1.165) is 12.7 Å². The van der Waals surface area contributed by atoms with E-state index in [-0.39, 0.29) is 23.8 Å². The molecule has 4 unspecified atom stereocenters. The number of piperidine rings is 1. The summed E-state index contributed by atoms with van der Waals surface area (Å²) in [6, 6.07) is -0.0167. The lowest BCUT2D eigenvalue weighted by atomic mass is 9.54. The van der Waals surface area contributed by atoms with Crippen LogP contribution < -0.4 is 0 Å². The lowest BCUT2D eigenvalue weighted by Crippen LogP contribution is -2.58. The number of carbonyl (C=O) groups is 2. The van der Waals surface area contributed by atoms with Gasteiger partial charge in [0.2, 0.25) is 5.91 Å². The van der Waals surface area contributed by atoms with E-state index in [1.165, 1.54) is 0 Å². The summed E-state index contributed by atoms with van der Waals surface area (Å²) in [5, 5.41) is 0. The number of fused-ring (bicyclic) bond motifs is 3. The number of carbonyl (C=O) groups excluding carboxylic acids is 2. The minimum absolute atomic E-state index is 0.0167. The monoisotopic (exact) mass is 359 g/mol. The van der Waals surface area contributed by atoms with Gasteiger partial charge < -0.3 is 9.64 Å². The quantitative estimate of drug-likeness (QED) is 0.533. The fraction of sp³-hybridized carbons (Fsp3) is 0.778. The van der Waals surface area contributed by atoms with Gasteiger partial charge in [-0.25, -0.2) is 0 Å². The van der Waals surface area contributed by atoms with Crippen LogP contribution in [0.25, 0.3) is 0 Å². The predicted octanol–water partition coefficient (Wildman–Crippen LogP) is 3.32. The van der Waals surface area contributed by atoms with Gasteiger partial charge in [0.15, 0.2) is 0 Å². The van der Waals surface area contributed by atoms with E-state index >= 15 is 0 Å². The van der Waals surface area contributed by atoms with Crippen molar-refractivity contribution in [3.05, 3.63) is 11.6 Å². The lowest BCUT2D eigenvalue weighted by molar-refractivity contribution is -0.205. The summed E-state index contributed by atoms with van der Waals surface area (Å²) in [5.74, 6) is -4.05. The Morgan fingerprint density at radius 2 is 2.04 bits per heavy atom. The molecule has 5 atom stereocenters. The first-order valence-corrected chi connectivity index (χ1v) is 8.72. The molecule has 0 bridgehead atoms. The summed E-state index contributed by atoms with van der Waals surface area (Å²) < 4.78 is 45.2. The molecule has 1 heterocycles. The van der Waals surface area contributed by atoms with Gasteiger partial charge >= 0.3 is 12.1 Å². The standard InChI is InChI=1S/C18H24F3NO3/c1-17-9-8-14(23)22(2)13(17)7-4-10-11(17)5-6-12(18(19,20)21)15(10)16(24)25-3/h5,10,12-13,15H,4,6-9H2,1-3H3/t10?,12?,13?,15?,17-/m1/s1. The molecule has 7 heteroatoms. The maximum Gasteiger partial charge on any atom is 0.392 e. The van der Waals surface area contributed by atoms with E-state index in [4.69, 9.17) is 4.74 Å². The van der Waals surface area contributed by atoms with Crippen molar-refractivity contribution in [1.82, 2.24) is 4.90 Å². The van der Waals surface area contributed by atoms with Gasteiger partial charge in [0.25, 0.3) is 0 Å². The van der Waals surface area contributed by atoms with Crippen molar-refractivity contribution in [3.63, 3.8) is 0 Å². The highest BCUT2D eigenvalue weighted by molar-refractivity contribution is 5.78. The van der Waals surface area contributed by atoms with Gasteiger partial charge in [0.1, 0.15) is 0 Å². The highest BCUT2D eigenvalue weighted by atomic mass is 19.4. The first-order chi connectivity index (χ1) is 11.6. The molecule has 2 aliphatic carbocycles. The number of rotatable bonds is 1. The largest absolute Gasteiger partial charge is 0.469 e. The Labute approximate surface area is 145 Å². The number of hydrogen-bond donors (Lipinski definition) is 0. The Morgan fingerprint density at radius 1 is 1.36 bits per heavy atom. The van der Waals surface area contributed by atoms with Crippen molar-refractivity contribution in [2.24, 2.45) is 23.2 Å². The molecule has 1 amide bonds. The summed E-state index contributed by atoms with van der Waals surface area (Å²) in [5.41, 5.74) is 0.549. The van der Waals surface area contributed by atoms with Crippen molar-refractivity contribution < 1.29 is 27.5 Å². The third kappa shape index (κ3) is 2.75. The molecule has 1 saturated heterocycles. The minimum atomic E-state index is -4.43. The normalized spacial score (nSPS) is 38.6. The second-order valence-corrected chi connectivity index (χ2v) is 7.71. The molecule has 0 spiro atoms. The first-order valence-electron chi connectivity index (χ1n) is 8.72. The third-order valence-corrected chi connectivity index (χ3v) is 6.62. The Morgan fingerprint density at radius 3 is 2.64 bits per heavy atom. The number of esters is 1. The third-order valence-electron chi connectivity index (χ3n) is 6.62. The fourth-order valence-corrected chi connectivity index (χ4v) is 5.32. The average molecular weight is 359 g/mol. The molecule has 25 heavy (non-hydrogen) atoms. The van der Waals surface area contributed by atoms with Crippen molar-refractivity contribution in [1.29, 1.82) is 0 Å². The van der Waals surface area contributed by atoms with Crippen LogP contribution in [0.5, 0.6) is 0 Å². The van der Waals surface area contributed by atoms with E-state index in [1.807, 2.05) is 6.92 Å². The van der Waals surface area contributed by atoms with Crippen LogP contribution in [0.4, 0.5) is 13.2 Å². The number of halogens is 3. The number of likely N-dealkylation sites (tertiary alicyclic amines) is 1. The van der Waals surface area contributed by atoms with Crippen LogP contribution in [0.2, 0.25) is 0 Å². The first kappa shape index (κ1) is 18.3. The molecule has 0 aromatic heterocycles. The number of amides is 1. The highest BCUT2D eigenvalue weighted by Gasteiger charge is 2.58. The fourth-order valence-electron chi connectivity index (χ4n) is 5.32. The average Bonchev–Trinajstić information content (AvgIpc) is 2.56. The highest BCUT2D eigenvalue weighted by Crippen LogP contribution is 2.57. The topological polar surface area (TPSA) is 46.6 Å². The van der Waals surface area contributed by atoms with E-state index in [0.29, 0.717) is 25.7 Å². The molecule has 1 saturated carbocycles. The number of methoxy groups -OCH3 is 1. The number of ether oxygens (including phenoxy) is 1. The molecule has 0 radical (unpaired) electrons. The lowest BCUT2D eigenvalue weighted by Gasteiger charge is -2.56. The van der Waals surface area contributed by atoms with Gasteiger partial charge in [-0.3, -0.25) is 9.59 Å². The minimum Gasteiger partial charge on any atom is -0.469 e. The smallest absolute Gasteiger partial charge is 0.392 e. The summed E-state index contributed by atoms with van der Waals surface area (Å²) in [6.45, 7) is 2.03. The zero-order chi connectivity index (χ0) is 18.6. The molecule has 140 valence electrons. The predicted molar refractivity (Wildman–Crippen MR) is 84.4 cm³/mol. The molecular weight excluding hydrogens is 335 g/mol. The van der Waals surface area contributed by atoms with Crippen molar-refractivity contribution in [3.8, 4) is 0 Å². The Hall–Kier alpha value is -1.53. The van der Waals surface area contributed by atoms with Crippen LogP contribution in [-0.4, -0.2) is 43.2 Å². The molecule has 3 aliphatic rings. The van der Waals surface area contributed by atoms with Crippen molar-refractivity contribution >= 4 is 11.9 Å². The molecule has 0 N–H and O–H groups in total. The number of hydrogen-bond acceptors (Lipinski definition) is 3. The molecule has 0 aromatic carbocycles. The van der Waals surface area contributed by atoms with Gasteiger partial charge in [0.05, 0.1) is 18.9 Å². The van der Waals surface area contributed by atoms with Crippen LogP contribution in [0.3, 0.4) is 0 Å². The molecular formula is C18H24F3NO3. The van der Waals surface area contributed by atoms with Gasteiger partial charge in [-0.1, -0.05) is 18.6 Å². The van der Waals surface area contributed by atoms with Crippen LogP contribution >= 0.6 is 0 Å². The molecule has 3 rings (SSSR count). The van der Waals surface area contributed by atoms with Crippen molar-refractivity contribution in [2.75, 3.05) is 14.2 Å². The second kappa shape index (κ2) is 6.02. The summed E-state index contributed by atoms with van der Waals surface area (Å²) in [7, 11) is 2.92. The molecule has 0 aromatic rings. The van der Waals surface area contributed by atoms with Crippen LogP contribution in [-0.2, 0) is 14.3 Å². The Kier molecular flexibility index (Phi) is 4.40. The molecule has 1 aliphatic heterocycles. The molecule has 4 nitrogen and oxygen atoms in total. The van der Waals surface area contributed by atoms with Crippen LogP contribution in [0.1, 0.15) is 39.0 Å². The van der Waals surface area contributed by atoms with E-state index in [9.17, 15) is 22.8 Å². The van der Waals surface area contributed by atoms with Gasteiger partial charge in [-0.05, 0) is 31.6 Å². The number of nitrogens with zero attached hydrogens (tertiary/aromatic N) is 1. The molecule has 2 fully saturated rings. The SMILES string of the molecule is COC(=O)C1C2CCC3N(C)C(=O)CC[C@]3(C)C2=CCC1C(F)(F)F. The van der Waals surface area contributed by atoms with Gasteiger partial charge in [0, 0.05) is 24.9 Å². The number of alkyl halides is 3. The maximum absolute atomic E-state index is 13.5. The van der Waals surface area contributed by atoms with E-state index in [1.54, 1.807) is 18.0 Å². The summed E-state index contributed by atoms with van der Waals surface area (Å²) in [6.07, 6.45) is -0.854. The maximum atomic E-state index is 13.5. The van der Waals surface area contributed by atoms with Crippen molar-refractivity contribution in [2.45, 2.75) is 51.2 Å². The number of allylic oxidation sites excluding steroid dienone is 1. The van der Waals surface area contributed by atoms with Crippen LogP contribution in [0.15, 0.2) is 11.6 Å².